The van der Waals surface area contributed by atoms with Gasteiger partial charge in [0.1, 0.15) is 11.6 Å². The van der Waals surface area contributed by atoms with Crippen molar-refractivity contribution in [3.8, 4) is 11.1 Å². The van der Waals surface area contributed by atoms with E-state index in [0.717, 1.165) is 21.8 Å². The van der Waals surface area contributed by atoms with Gasteiger partial charge < -0.3 is 10.5 Å². The highest BCUT2D eigenvalue weighted by Gasteiger charge is 2.34. The fraction of sp³-hybridized carbons (Fsp3) is 0.200. The van der Waals surface area contributed by atoms with Gasteiger partial charge in [-0.3, -0.25) is 4.98 Å². The zero-order chi connectivity index (χ0) is 14.3. The van der Waals surface area contributed by atoms with Gasteiger partial charge in [0.2, 0.25) is 5.88 Å². The molecule has 0 spiro atoms. The number of nitrogens with zero attached hydrogens (tertiary/aromatic N) is 2. The van der Waals surface area contributed by atoms with E-state index in [4.69, 9.17) is 10.5 Å². The summed E-state index contributed by atoms with van der Waals surface area (Å²) in [5.74, 6) is -0.00231. The summed E-state index contributed by atoms with van der Waals surface area (Å²) in [6.07, 6.45) is 3.49. The van der Waals surface area contributed by atoms with Gasteiger partial charge in [-0.15, -0.1) is 11.3 Å². The van der Waals surface area contributed by atoms with Crippen LogP contribution >= 0.6 is 11.3 Å². The number of nitrogens with two attached hydrogens (primary N) is 1. The van der Waals surface area contributed by atoms with Crippen molar-refractivity contribution in [1.29, 1.82) is 5.26 Å². The predicted molar refractivity (Wildman–Crippen MR) is 77.3 cm³/mol. The molecular weight excluding hydrogens is 270 g/mol. The Kier molecular flexibility index (Phi) is 2.96. The Morgan fingerprint density at radius 1 is 1.45 bits per heavy atom. The summed E-state index contributed by atoms with van der Waals surface area (Å²) in [7, 11) is 0. The molecule has 3 heterocycles. The number of nitriles is 1. The third-order valence-corrected chi connectivity index (χ3v) is 4.68. The number of ether oxygens (including phenoxy) is 1. The number of aryl methyl sites for hydroxylation is 1. The van der Waals surface area contributed by atoms with Crippen molar-refractivity contribution in [1.82, 2.24) is 4.98 Å². The molecule has 1 aliphatic heterocycles. The maximum absolute atomic E-state index is 9.43. The Morgan fingerprint density at radius 3 is 2.90 bits per heavy atom. The van der Waals surface area contributed by atoms with Crippen molar-refractivity contribution in [3.05, 3.63) is 57.6 Å². The van der Waals surface area contributed by atoms with E-state index in [0.29, 0.717) is 5.57 Å². The lowest BCUT2D eigenvalue weighted by molar-refractivity contribution is 0.405. The molecule has 0 unspecified atom stereocenters. The summed E-state index contributed by atoms with van der Waals surface area (Å²) in [5, 5.41) is 10.2. The van der Waals surface area contributed by atoms with Crippen LogP contribution in [0.1, 0.15) is 27.5 Å². The van der Waals surface area contributed by atoms with Crippen molar-refractivity contribution in [3.63, 3.8) is 0 Å². The second-order valence-electron chi connectivity index (χ2n) is 4.70. The maximum Gasteiger partial charge on any atom is 0.206 e. The lowest BCUT2D eigenvalue weighted by Gasteiger charge is -2.24. The Morgan fingerprint density at radius 2 is 2.25 bits per heavy atom. The molecule has 0 bridgehead atoms. The quantitative estimate of drug-likeness (QED) is 0.873. The van der Waals surface area contributed by atoms with Crippen LogP contribution in [-0.2, 0) is 0 Å². The number of rotatable bonds is 1. The van der Waals surface area contributed by atoms with Gasteiger partial charge in [-0.2, -0.15) is 5.26 Å². The zero-order valence-corrected chi connectivity index (χ0v) is 12.0. The molecule has 3 rings (SSSR count). The fourth-order valence-corrected chi connectivity index (χ4v) is 3.52. The van der Waals surface area contributed by atoms with E-state index in [9.17, 15) is 5.26 Å². The SMILES string of the molecule is Cc1sc2c(c1C)[C@@H](c1cccnc1)C(C#N)=C(N)O2. The Balaban J connectivity index is 2.27. The van der Waals surface area contributed by atoms with Crippen molar-refractivity contribution in [2.24, 2.45) is 5.73 Å². The first-order valence-corrected chi connectivity index (χ1v) is 7.02. The molecule has 20 heavy (non-hydrogen) atoms. The standard InChI is InChI=1S/C15H13N3OS/c1-8-9(2)20-15-12(8)13(10-4-3-5-18-7-10)11(6-16)14(17)19-15/h3-5,7,13H,17H2,1-2H3/t13-/m0/s1. The third kappa shape index (κ3) is 1.77. The van der Waals surface area contributed by atoms with Gasteiger partial charge in [0.05, 0.1) is 5.92 Å². The molecular formula is C15H13N3OS. The van der Waals surface area contributed by atoms with E-state index < -0.39 is 0 Å². The van der Waals surface area contributed by atoms with Gasteiger partial charge in [0.25, 0.3) is 0 Å². The monoisotopic (exact) mass is 283 g/mol. The van der Waals surface area contributed by atoms with E-state index in [1.807, 2.05) is 26.0 Å². The number of fused-ring (bicyclic) bond motifs is 1. The average Bonchev–Trinajstić information content (AvgIpc) is 2.73. The van der Waals surface area contributed by atoms with Crippen molar-refractivity contribution < 1.29 is 4.74 Å². The van der Waals surface area contributed by atoms with Crippen LogP contribution in [0.4, 0.5) is 0 Å². The average molecular weight is 283 g/mol. The number of pyridine rings is 1. The third-order valence-electron chi connectivity index (χ3n) is 3.58. The highest BCUT2D eigenvalue weighted by molar-refractivity contribution is 7.14. The summed E-state index contributed by atoms with van der Waals surface area (Å²) >= 11 is 1.57. The first-order chi connectivity index (χ1) is 9.63. The smallest absolute Gasteiger partial charge is 0.206 e. The molecule has 0 saturated heterocycles. The summed E-state index contributed by atoms with van der Waals surface area (Å²) in [5.41, 5.74) is 9.50. The van der Waals surface area contributed by atoms with Crippen LogP contribution in [0.3, 0.4) is 0 Å². The summed E-state index contributed by atoms with van der Waals surface area (Å²) in [6.45, 7) is 4.10. The van der Waals surface area contributed by atoms with Crippen molar-refractivity contribution in [2.75, 3.05) is 0 Å². The number of hydrogen-bond acceptors (Lipinski definition) is 5. The van der Waals surface area contributed by atoms with Gasteiger partial charge in [-0.25, -0.2) is 0 Å². The molecule has 1 aliphatic rings. The molecule has 5 heteroatoms. The maximum atomic E-state index is 9.43. The summed E-state index contributed by atoms with van der Waals surface area (Å²) < 4.78 is 5.62. The molecule has 0 radical (unpaired) electrons. The van der Waals surface area contributed by atoms with Crippen LogP contribution in [0, 0.1) is 25.2 Å². The molecule has 0 aliphatic carbocycles. The number of hydrogen-bond donors (Lipinski definition) is 1. The van der Waals surface area contributed by atoms with E-state index >= 15 is 0 Å². The highest BCUT2D eigenvalue weighted by Crippen LogP contribution is 2.48. The van der Waals surface area contributed by atoms with Gasteiger partial charge in [0.15, 0.2) is 5.06 Å². The largest absolute Gasteiger partial charge is 0.429 e. The molecule has 2 aromatic heterocycles. The summed E-state index contributed by atoms with van der Waals surface area (Å²) in [4.78, 5) is 5.33. The first kappa shape index (κ1) is 12.7. The Bertz CT molecular complexity index is 740. The van der Waals surface area contributed by atoms with Crippen LogP contribution in [0.15, 0.2) is 36.0 Å². The van der Waals surface area contributed by atoms with E-state index in [-0.39, 0.29) is 11.8 Å². The minimum absolute atomic E-state index is 0.190. The predicted octanol–water partition coefficient (Wildman–Crippen LogP) is 2.98. The van der Waals surface area contributed by atoms with E-state index in [1.54, 1.807) is 23.7 Å². The lowest BCUT2D eigenvalue weighted by atomic mass is 9.84. The van der Waals surface area contributed by atoms with Crippen molar-refractivity contribution in [2.45, 2.75) is 19.8 Å². The minimum atomic E-state index is -0.192. The summed E-state index contributed by atoms with van der Waals surface area (Å²) in [6, 6.07) is 6.01. The zero-order valence-electron chi connectivity index (χ0n) is 11.2. The second-order valence-corrected chi connectivity index (χ2v) is 5.88. The molecule has 2 N–H and O–H groups in total. The van der Waals surface area contributed by atoms with Gasteiger partial charge >= 0.3 is 0 Å². The Hall–Kier alpha value is -2.32. The fourth-order valence-electron chi connectivity index (χ4n) is 2.46. The van der Waals surface area contributed by atoms with Gasteiger partial charge in [0, 0.05) is 22.8 Å². The highest BCUT2D eigenvalue weighted by atomic mass is 32.1. The second kappa shape index (κ2) is 4.66. The number of thiophene rings is 1. The van der Waals surface area contributed by atoms with Crippen LogP contribution in [0.5, 0.6) is 5.06 Å². The molecule has 0 saturated carbocycles. The molecule has 1 atom stereocenters. The van der Waals surface area contributed by atoms with Gasteiger partial charge in [-0.1, -0.05) is 6.07 Å². The number of aromatic nitrogens is 1. The first-order valence-electron chi connectivity index (χ1n) is 6.21. The molecule has 4 nitrogen and oxygen atoms in total. The van der Waals surface area contributed by atoms with Crippen LogP contribution in [0.2, 0.25) is 0 Å². The van der Waals surface area contributed by atoms with Crippen LogP contribution in [-0.4, -0.2) is 4.98 Å². The molecule has 0 amide bonds. The number of allylic oxidation sites excluding steroid dienone is 1. The molecule has 0 fully saturated rings. The van der Waals surface area contributed by atoms with Crippen molar-refractivity contribution >= 4 is 11.3 Å². The van der Waals surface area contributed by atoms with Gasteiger partial charge in [-0.05, 0) is 31.0 Å². The topological polar surface area (TPSA) is 71.9 Å². The normalized spacial score (nSPS) is 17.4. The lowest BCUT2D eigenvalue weighted by Crippen LogP contribution is -2.20. The molecule has 100 valence electrons. The molecule has 2 aromatic rings. The van der Waals surface area contributed by atoms with E-state index in [1.165, 1.54) is 4.88 Å². The Labute approximate surface area is 121 Å². The minimum Gasteiger partial charge on any atom is -0.429 e. The van der Waals surface area contributed by atoms with E-state index in [2.05, 4.69) is 11.1 Å². The molecule has 0 aromatic carbocycles. The van der Waals surface area contributed by atoms with Crippen LogP contribution in [0.25, 0.3) is 0 Å². The van der Waals surface area contributed by atoms with Crippen LogP contribution < -0.4 is 10.5 Å².